The van der Waals surface area contributed by atoms with E-state index >= 15 is 0 Å². The predicted molar refractivity (Wildman–Crippen MR) is 31.0 cm³/mol. The summed E-state index contributed by atoms with van der Waals surface area (Å²) in [5.74, 6) is 0. The Hall–Kier alpha value is -0.200. The summed E-state index contributed by atoms with van der Waals surface area (Å²) >= 11 is 0. The maximum Gasteiger partial charge on any atom is 0.0669 e. The molecule has 5 nitrogen and oxygen atoms in total. The van der Waals surface area contributed by atoms with E-state index in [2.05, 4.69) is 4.94 Å². The maximum absolute atomic E-state index is 9.51. The second kappa shape index (κ2) is 3.09. The normalized spacial score (nSPS) is 12.7. The van der Waals surface area contributed by atoms with Gasteiger partial charge in [-0.05, 0) is 26.0 Å². The number of nitrogens with zero attached hydrogens (tertiary/aromatic N) is 1. The van der Waals surface area contributed by atoms with E-state index in [9.17, 15) is 5.21 Å². The summed E-state index contributed by atoms with van der Waals surface area (Å²) in [4.78, 5) is 3.99. The van der Waals surface area contributed by atoms with Crippen LogP contribution in [0.25, 0.3) is 0 Å². The van der Waals surface area contributed by atoms with Crippen molar-refractivity contribution in [3.8, 4) is 0 Å². The van der Waals surface area contributed by atoms with E-state index in [1.165, 1.54) is 0 Å². The maximum atomic E-state index is 9.51. The molecule has 0 aromatic rings. The van der Waals surface area contributed by atoms with Crippen molar-refractivity contribution in [2.75, 3.05) is 0 Å². The highest BCUT2D eigenvalue weighted by Crippen LogP contribution is 2.08. The minimum atomic E-state index is -0.586. The summed E-state index contributed by atoms with van der Waals surface area (Å²) < 4.78 is 0. The molecule has 5 heteroatoms. The summed E-state index contributed by atoms with van der Waals surface area (Å²) in [6.45, 7) is 5.05. The Labute approximate surface area is 53.7 Å². The van der Waals surface area contributed by atoms with E-state index < -0.39 is 5.54 Å². The molecule has 0 spiro atoms. The van der Waals surface area contributed by atoms with E-state index in [0.29, 0.717) is 5.23 Å². The van der Waals surface area contributed by atoms with Gasteiger partial charge < -0.3 is 5.21 Å². The van der Waals surface area contributed by atoms with E-state index in [0.717, 1.165) is 5.64 Å². The molecule has 0 fully saturated rings. The first-order valence-corrected chi connectivity index (χ1v) is 2.51. The van der Waals surface area contributed by atoms with Crippen molar-refractivity contribution < 1.29 is 10.1 Å². The van der Waals surface area contributed by atoms with Gasteiger partial charge in [0.15, 0.2) is 0 Å². The second-order valence-electron chi connectivity index (χ2n) is 2.62. The molecule has 0 rings (SSSR count). The van der Waals surface area contributed by atoms with Gasteiger partial charge in [0.25, 0.3) is 0 Å². The van der Waals surface area contributed by atoms with Crippen molar-refractivity contribution >= 4 is 0 Å². The lowest BCUT2D eigenvalue weighted by atomic mass is 10.1. The molecule has 0 aromatic heterocycles. The van der Waals surface area contributed by atoms with Crippen LogP contribution in [0, 0.1) is 5.21 Å². The second-order valence-corrected chi connectivity index (χ2v) is 2.62. The zero-order valence-corrected chi connectivity index (χ0v) is 5.71. The molecule has 0 unspecified atom stereocenters. The molecule has 0 aliphatic rings. The average Bonchev–Trinajstić information content (AvgIpc) is 1.64. The van der Waals surface area contributed by atoms with Crippen LogP contribution in [0.1, 0.15) is 20.8 Å². The molecule has 0 bridgehead atoms. The first-order chi connectivity index (χ1) is 3.98. The van der Waals surface area contributed by atoms with Crippen LogP contribution in [0.3, 0.4) is 0 Å². The monoisotopic (exact) mass is 135 g/mol. The van der Waals surface area contributed by atoms with Crippen molar-refractivity contribution in [2.24, 2.45) is 0 Å². The first kappa shape index (κ1) is 8.80. The van der Waals surface area contributed by atoms with Crippen LogP contribution < -0.4 is 5.64 Å². The summed E-state index contributed by atoms with van der Waals surface area (Å²) in [6, 6.07) is 0. The van der Waals surface area contributed by atoms with Crippen LogP contribution in [0.4, 0.5) is 0 Å². The van der Waals surface area contributed by atoms with Crippen LogP contribution in [-0.2, 0) is 4.94 Å². The molecule has 9 heavy (non-hydrogen) atoms. The third kappa shape index (κ3) is 3.39. The van der Waals surface area contributed by atoms with E-state index in [4.69, 9.17) is 5.21 Å². The third-order valence-electron chi connectivity index (χ3n) is 0.698. The highest BCUT2D eigenvalue weighted by atomic mass is 17.0. The molecular weight excluding hydrogens is 124 g/mol. The molecule has 0 saturated heterocycles. The van der Waals surface area contributed by atoms with Crippen molar-refractivity contribution in [1.29, 1.82) is 0 Å². The zero-order chi connectivity index (χ0) is 7.49. The van der Waals surface area contributed by atoms with Gasteiger partial charge in [-0.1, -0.05) is 0 Å². The Morgan fingerprint density at radius 3 is 2.11 bits per heavy atom. The number of nitrogens with one attached hydrogen (secondary N) is 1. The summed E-state index contributed by atoms with van der Waals surface area (Å²) in [7, 11) is 0. The van der Waals surface area contributed by atoms with E-state index in [1.807, 2.05) is 0 Å². The van der Waals surface area contributed by atoms with Crippen LogP contribution >= 0.6 is 0 Å². The van der Waals surface area contributed by atoms with Gasteiger partial charge in [-0.15, -0.1) is 0 Å². The highest BCUT2D eigenvalue weighted by Gasteiger charge is 2.19. The molecule has 0 aromatic carbocycles. The van der Waals surface area contributed by atoms with E-state index in [-0.39, 0.29) is 0 Å². The van der Waals surface area contributed by atoms with Gasteiger partial charge in [0.05, 0.1) is 5.54 Å². The van der Waals surface area contributed by atoms with Gasteiger partial charge >= 0.3 is 0 Å². The Bertz CT molecular complexity index is 80.4. The lowest BCUT2D eigenvalue weighted by molar-refractivity contribution is -0.401. The van der Waals surface area contributed by atoms with Gasteiger partial charge in [-0.2, -0.15) is 4.94 Å². The van der Waals surface area contributed by atoms with Crippen molar-refractivity contribution in [2.45, 2.75) is 26.3 Å². The summed E-state index contributed by atoms with van der Waals surface area (Å²) in [5.41, 5.74) is 0.514. The van der Waals surface area contributed by atoms with Crippen LogP contribution in [-0.4, -0.2) is 16.0 Å². The van der Waals surface area contributed by atoms with Crippen molar-refractivity contribution in [3.05, 3.63) is 5.21 Å². The molecule has 0 aliphatic carbocycles. The van der Waals surface area contributed by atoms with Gasteiger partial charge in [-0.3, -0.25) is 10.9 Å². The van der Waals surface area contributed by atoms with Crippen LogP contribution in [0.15, 0.2) is 0 Å². The predicted octanol–water partition coefficient (Wildman–Crippen LogP) is 0.410. The Kier molecular flexibility index (Phi) is 3.02. The summed E-state index contributed by atoms with van der Waals surface area (Å²) in [5, 5.41) is 18.7. The fourth-order valence-electron chi connectivity index (χ4n) is 0.172. The van der Waals surface area contributed by atoms with E-state index in [1.54, 1.807) is 20.8 Å². The minimum absolute atomic E-state index is 0.444. The number of rotatable bonds is 2. The SMILES string of the molecule is CC(C)(C)N(O)ON[O-]. The van der Waals surface area contributed by atoms with Gasteiger partial charge in [0.2, 0.25) is 0 Å². The third-order valence-corrected chi connectivity index (χ3v) is 0.698. The Morgan fingerprint density at radius 2 is 2.00 bits per heavy atom. The molecule has 0 radical (unpaired) electrons. The molecule has 0 amide bonds. The fraction of sp³-hybridized carbons (Fsp3) is 1.00. The van der Waals surface area contributed by atoms with Gasteiger partial charge in [0, 0.05) is 0 Å². The van der Waals surface area contributed by atoms with Crippen LogP contribution in [0.2, 0.25) is 0 Å². The molecule has 2 N–H and O–H groups in total. The molecule has 0 saturated carbocycles. The molecule has 0 atom stereocenters. The Balaban J connectivity index is 3.59. The van der Waals surface area contributed by atoms with Gasteiger partial charge in [-0.25, -0.2) is 0 Å². The quantitative estimate of drug-likeness (QED) is 0.537. The molecule has 0 heterocycles. The lowest BCUT2D eigenvalue weighted by Crippen LogP contribution is -2.41. The average molecular weight is 135 g/mol. The van der Waals surface area contributed by atoms with Crippen LogP contribution in [0.5, 0.6) is 0 Å². The number of hydrogen-bond acceptors (Lipinski definition) is 5. The first-order valence-electron chi connectivity index (χ1n) is 2.51. The zero-order valence-electron chi connectivity index (χ0n) is 5.71. The topological polar surface area (TPSA) is 67.8 Å². The largest absolute Gasteiger partial charge is 0.763 e. The molecule has 56 valence electrons. The smallest absolute Gasteiger partial charge is 0.0669 e. The Morgan fingerprint density at radius 1 is 1.56 bits per heavy atom. The van der Waals surface area contributed by atoms with Gasteiger partial charge in [0.1, 0.15) is 0 Å². The number of hydroxylamine groups is 2. The molecular formula is C4H11N2O3-. The summed E-state index contributed by atoms with van der Waals surface area (Å²) in [6.07, 6.45) is 0. The fourth-order valence-corrected chi connectivity index (χ4v) is 0.172. The molecule has 0 aliphatic heterocycles. The highest BCUT2D eigenvalue weighted by molar-refractivity contribution is 4.62. The van der Waals surface area contributed by atoms with Crippen molar-refractivity contribution in [3.63, 3.8) is 0 Å². The lowest BCUT2D eigenvalue weighted by Gasteiger charge is -2.28. The standard InChI is InChI=1S/C4H11N2O3/c1-4(2,3)6(8)9-5-7/h5,8H,1-3H3/q-1. The van der Waals surface area contributed by atoms with Crippen molar-refractivity contribution in [1.82, 2.24) is 10.9 Å². The minimum Gasteiger partial charge on any atom is -0.763 e. The number of hydrogen-bond donors (Lipinski definition) is 2.